The largest absolute Gasteiger partial charge is 0.444 e. The number of fused-ring (bicyclic) bond motifs is 1. The van der Waals surface area contributed by atoms with Gasteiger partial charge in [0.25, 0.3) is 0 Å². The van der Waals surface area contributed by atoms with Gasteiger partial charge in [0.1, 0.15) is 5.60 Å². The fourth-order valence-electron chi connectivity index (χ4n) is 3.26. The van der Waals surface area contributed by atoms with Gasteiger partial charge in [-0.25, -0.2) is 4.79 Å². The van der Waals surface area contributed by atoms with E-state index >= 15 is 0 Å². The van der Waals surface area contributed by atoms with Crippen LogP contribution in [0.3, 0.4) is 0 Å². The maximum Gasteiger partial charge on any atom is 0.411 e. The van der Waals surface area contributed by atoms with E-state index in [0.29, 0.717) is 15.8 Å². The van der Waals surface area contributed by atoms with Crippen molar-refractivity contribution in [3.63, 3.8) is 0 Å². The minimum absolute atomic E-state index is 0.360. The molecule has 3 rings (SSSR count). The van der Waals surface area contributed by atoms with Crippen LogP contribution in [0.4, 0.5) is 4.79 Å². The molecule has 138 valence electrons. The van der Waals surface area contributed by atoms with Gasteiger partial charge in [0.2, 0.25) is 0 Å². The van der Waals surface area contributed by atoms with Crippen LogP contribution in [0, 0.1) is 0 Å². The molecule has 1 atom stereocenters. The van der Waals surface area contributed by atoms with Crippen LogP contribution in [0.25, 0.3) is 0 Å². The molecule has 26 heavy (non-hydrogen) atoms. The molecule has 1 aromatic heterocycles. The molecule has 0 fully saturated rings. The van der Waals surface area contributed by atoms with Gasteiger partial charge in [-0.2, -0.15) is 0 Å². The van der Waals surface area contributed by atoms with Gasteiger partial charge >= 0.3 is 6.09 Å². The van der Waals surface area contributed by atoms with Crippen LogP contribution in [0.2, 0.25) is 4.34 Å². The number of aldehydes is 1. The van der Waals surface area contributed by atoms with Crippen LogP contribution in [0.1, 0.15) is 59.6 Å². The van der Waals surface area contributed by atoms with Crippen LogP contribution in [-0.4, -0.2) is 29.4 Å². The van der Waals surface area contributed by atoms with E-state index in [9.17, 15) is 9.59 Å². The molecule has 2 heterocycles. The predicted molar refractivity (Wildman–Crippen MR) is 104 cm³/mol. The topological polar surface area (TPSA) is 46.6 Å². The summed E-state index contributed by atoms with van der Waals surface area (Å²) in [5.74, 6) is 0. The number of nitrogens with zero attached hydrogens (tertiary/aromatic N) is 1. The zero-order valence-corrected chi connectivity index (χ0v) is 16.7. The van der Waals surface area contributed by atoms with Gasteiger partial charge in [-0.1, -0.05) is 35.9 Å². The van der Waals surface area contributed by atoms with Crippen LogP contribution in [0.15, 0.2) is 30.3 Å². The number of rotatable bonds is 2. The Bertz CT molecular complexity index is 825. The summed E-state index contributed by atoms with van der Waals surface area (Å²) < 4.78 is 6.18. The lowest BCUT2D eigenvalue weighted by Gasteiger charge is -2.33. The summed E-state index contributed by atoms with van der Waals surface area (Å²) in [6.45, 7) is 6.13. The number of hydrogen-bond acceptors (Lipinski definition) is 4. The monoisotopic (exact) mass is 391 g/mol. The van der Waals surface area contributed by atoms with Gasteiger partial charge < -0.3 is 4.74 Å². The molecule has 1 aliphatic rings. The van der Waals surface area contributed by atoms with Crippen molar-refractivity contribution in [2.24, 2.45) is 0 Å². The van der Waals surface area contributed by atoms with Crippen molar-refractivity contribution in [1.29, 1.82) is 0 Å². The molecule has 0 saturated heterocycles. The van der Waals surface area contributed by atoms with Crippen molar-refractivity contribution < 1.29 is 14.3 Å². The number of hydrogen-bond donors (Lipinski definition) is 0. The summed E-state index contributed by atoms with van der Waals surface area (Å²) in [5, 5.41) is 0. The zero-order chi connectivity index (χ0) is 18.9. The fraction of sp³-hybridized carbons (Fsp3) is 0.400. The Balaban J connectivity index is 2.11. The third-order valence-corrected chi connectivity index (χ3v) is 5.59. The molecule has 0 N–H and O–H groups in total. The molecular weight excluding hydrogens is 370 g/mol. The first kappa shape index (κ1) is 18.9. The van der Waals surface area contributed by atoms with Gasteiger partial charge in [0.15, 0.2) is 6.29 Å². The van der Waals surface area contributed by atoms with E-state index in [0.717, 1.165) is 30.3 Å². The van der Waals surface area contributed by atoms with Crippen molar-refractivity contribution in [2.75, 3.05) is 6.54 Å². The van der Waals surface area contributed by atoms with Gasteiger partial charge in [-0.15, -0.1) is 11.3 Å². The van der Waals surface area contributed by atoms with E-state index in [4.69, 9.17) is 16.3 Å². The van der Waals surface area contributed by atoms with Gasteiger partial charge in [-0.3, -0.25) is 9.69 Å². The van der Waals surface area contributed by atoms with E-state index in [1.54, 1.807) is 11.0 Å². The summed E-state index contributed by atoms with van der Waals surface area (Å²) in [7, 11) is 0. The molecule has 0 saturated carbocycles. The first-order chi connectivity index (χ1) is 12.3. The standard InChI is InChI=1S/C20H22ClNO3S/c1-20(2,3)25-19(24)22-10-6-8-13-7-4-5-9-15(13)17(22)16-11-14(12-23)26-18(16)21/h4-5,7,9,11-12,17H,6,8,10H2,1-3H3. The first-order valence-electron chi connectivity index (χ1n) is 8.62. The first-order valence-corrected chi connectivity index (χ1v) is 9.81. The summed E-state index contributed by atoms with van der Waals surface area (Å²) in [5.41, 5.74) is 2.42. The van der Waals surface area contributed by atoms with E-state index in [1.807, 2.05) is 39.0 Å². The van der Waals surface area contributed by atoms with Crippen molar-refractivity contribution >= 4 is 35.3 Å². The molecule has 0 spiro atoms. The Morgan fingerprint density at radius 3 is 2.69 bits per heavy atom. The number of carbonyl (C=O) groups excluding carboxylic acids is 2. The quantitative estimate of drug-likeness (QED) is 0.636. The number of halogens is 1. The van der Waals surface area contributed by atoms with Gasteiger partial charge in [-0.05, 0) is 50.8 Å². The van der Waals surface area contributed by atoms with Crippen molar-refractivity contribution in [2.45, 2.75) is 45.3 Å². The summed E-state index contributed by atoms with van der Waals surface area (Å²) in [4.78, 5) is 26.4. The van der Waals surface area contributed by atoms with E-state index in [2.05, 4.69) is 6.07 Å². The molecule has 0 aliphatic carbocycles. The lowest BCUT2D eigenvalue weighted by molar-refractivity contribution is 0.0195. The third kappa shape index (κ3) is 3.94. The Labute approximate surface area is 162 Å². The average molecular weight is 392 g/mol. The molecule has 1 unspecified atom stereocenters. The highest BCUT2D eigenvalue weighted by Crippen LogP contribution is 2.41. The summed E-state index contributed by atoms with van der Waals surface area (Å²) in [6, 6.07) is 9.50. The zero-order valence-electron chi connectivity index (χ0n) is 15.1. The highest BCUT2D eigenvalue weighted by atomic mass is 35.5. The Morgan fingerprint density at radius 2 is 2.04 bits per heavy atom. The van der Waals surface area contributed by atoms with E-state index in [1.165, 1.54) is 16.9 Å². The number of thiophene rings is 1. The fourth-order valence-corrected chi connectivity index (χ4v) is 4.42. The van der Waals surface area contributed by atoms with Crippen LogP contribution >= 0.6 is 22.9 Å². The molecule has 1 aromatic carbocycles. The Hall–Kier alpha value is -1.85. The van der Waals surface area contributed by atoms with Crippen LogP contribution in [0.5, 0.6) is 0 Å². The van der Waals surface area contributed by atoms with E-state index in [-0.39, 0.29) is 12.1 Å². The smallest absolute Gasteiger partial charge is 0.411 e. The number of carbonyl (C=O) groups is 2. The SMILES string of the molecule is CC(C)(C)OC(=O)N1CCCc2ccccc2C1c1cc(C=O)sc1Cl. The van der Waals surface area contributed by atoms with E-state index < -0.39 is 5.60 Å². The molecule has 1 aliphatic heterocycles. The summed E-state index contributed by atoms with van der Waals surface area (Å²) in [6.07, 6.45) is 2.15. The predicted octanol–water partition coefficient (Wildman–Crippen LogP) is 5.49. The lowest BCUT2D eigenvalue weighted by atomic mass is 9.94. The minimum atomic E-state index is -0.583. The maximum absolute atomic E-state index is 12.9. The molecule has 2 aromatic rings. The number of aryl methyl sites for hydroxylation is 1. The second-order valence-corrected chi connectivity index (χ2v) is 9.06. The minimum Gasteiger partial charge on any atom is -0.444 e. The number of benzene rings is 1. The number of amides is 1. The second kappa shape index (κ2) is 7.41. The van der Waals surface area contributed by atoms with Gasteiger partial charge in [0.05, 0.1) is 15.3 Å². The van der Waals surface area contributed by atoms with Crippen LogP contribution < -0.4 is 0 Å². The maximum atomic E-state index is 12.9. The molecular formula is C20H22ClNO3S. The molecule has 0 bridgehead atoms. The summed E-state index contributed by atoms with van der Waals surface area (Å²) >= 11 is 7.70. The average Bonchev–Trinajstić information content (AvgIpc) is 2.83. The normalized spacial score (nSPS) is 17.4. The molecule has 6 heteroatoms. The Morgan fingerprint density at radius 1 is 1.31 bits per heavy atom. The Kier molecular flexibility index (Phi) is 5.39. The number of ether oxygens (including phenoxy) is 1. The third-order valence-electron chi connectivity index (χ3n) is 4.28. The van der Waals surface area contributed by atoms with Crippen molar-refractivity contribution in [3.8, 4) is 0 Å². The van der Waals surface area contributed by atoms with Gasteiger partial charge in [0, 0.05) is 12.1 Å². The van der Waals surface area contributed by atoms with Crippen molar-refractivity contribution in [3.05, 3.63) is 56.2 Å². The molecule has 0 radical (unpaired) electrons. The van der Waals surface area contributed by atoms with Crippen LogP contribution in [-0.2, 0) is 11.2 Å². The highest BCUT2D eigenvalue weighted by molar-refractivity contribution is 7.17. The molecule has 4 nitrogen and oxygen atoms in total. The lowest BCUT2D eigenvalue weighted by Crippen LogP contribution is -2.39. The molecule has 1 amide bonds. The second-order valence-electron chi connectivity index (χ2n) is 7.37. The highest BCUT2D eigenvalue weighted by Gasteiger charge is 2.35. The van der Waals surface area contributed by atoms with Crippen molar-refractivity contribution in [1.82, 2.24) is 4.90 Å².